The molecule has 0 spiro atoms. The van der Waals surface area contributed by atoms with E-state index in [4.69, 9.17) is 0 Å². The van der Waals surface area contributed by atoms with Crippen LogP contribution in [-0.2, 0) is 0 Å². The molecule has 1 fully saturated rings. The van der Waals surface area contributed by atoms with Gasteiger partial charge in [-0.2, -0.15) is 0 Å². The maximum absolute atomic E-state index is 13.1. The maximum Gasteiger partial charge on any atom is 0.321 e. The zero-order valence-corrected chi connectivity index (χ0v) is 16.7. The summed E-state index contributed by atoms with van der Waals surface area (Å²) in [6.45, 7) is 2.12. The number of carbonyl (C=O) groups excluding carboxylic acids is 2. The van der Waals surface area contributed by atoms with Gasteiger partial charge in [-0.1, -0.05) is 24.3 Å². The average molecular weight is 398 g/mol. The van der Waals surface area contributed by atoms with Crippen LogP contribution in [0.25, 0.3) is 0 Å². The fourth-order valence-electron chi connectivity index (χ4n) is 3.44. The first-order chi connectivity index (χ1) is 13.9. The highest BCUT2D eigenvalue weighted by atomic mass is 19.1. The van der Waals surface area contributed by atoms with E-state index in [1.165, 1.54) is 19.1 Å². The van der Waals surface area contributed by atoms with Crippen LogP contribution in [0.15, 0.2) is 48.5 Å². The maximum atomic E-state index is 13.1. The standard InChI is InChI=1S/C22H27FN4O2/c1-15(28)17-5-3-6-19(13-17)24-22(29)27(2)12-4-7-20-14-21(26-25-20)16-8-10-18(23)11-9-16/h3,5-6,8-11,13,20-21,25-26H,4,7,12,14H2,1-2H3,(H,24,29). The van der Waals surface area contributed by atoms with Crippen LogP contribution in [0.1, 0.15) is 48.1 Å². The second-order valence-corrected chi connectivity index (χ2v) is 7.46. The van der Waals surface area contributed by atoms with Crippen molar-refractivity contribution in [1.29, 1.82) is 0 Å². The molecule has 3 rings (SSSR count). The van der Waals surface area contributed by atoms with Gasteiger partial charge in [-0.25, -0.2) is 9.18 Å². The number of hydrazine groups is 1. The predicted molar refractivity (Wildman–Crippen MR) is 111 cm³/mol. The van der Waals surface area contributed by atoms with Crippen LogP contribution in [0.2, 0.25) is 0 Å². The van der Waals surface area contributed by atoms with Gasteiger partial charge in [0.05, 0.1) is 0 Å². The second-order valence-electron chi connectivity index (χ2n) is 7.46. The Morgan fingerprint density at radius 3 is 2.66 bits per heavy atom. The molecule has 2 amide bonds. The van der Waals surface area contributed by atoms with E-state index in [0.29, 0.717) is 23.8 Å². The molecule has 0 saturated carbocycles. The molecule has 154 valence electrons. The first-order valence-electron chi connectivity index (χ1n) is 9.82. The summed E-state index contributed by atoms with van der Waals surface area (Å²) in [5, 5.41) is 2.82. The topological polar surface area (TPSA) is 73.5 Å². The quantitative estimate of drug-likeness (QED) is 0.619. The smallest absolute Gasteiger partial charge is 0.321 e. The van der Waals surface area contributed by atoms with E-state index in [1.54, 1.807) is 48.3 Å². The fourth-order valence-corrected chi connectivity index (χ4v) is 3.44. The lowest BCUT2D eigenvalue weighted by molar-refractivity contribution is 0.101. The van der Waals surface area contributed by atoms with Crippen LogP contribution in [-0.4, -0.2) is 36.3 Å². The summed E-state index contributed by atoms with van der Waals surface area (Å²) in [4.78, 5) is 25.5. The van der Waals surface area contributed by atoms with Gasteiger partial charge in [0.2, 0.25) is 0 Å². The van der Waals surface area contributed by atoms with Gasteiger partial charge in [0.25, 0.3) is 0 Å². The Morgan fingerprint density at radius 2 is 1.93 bits per heavy atom. The Kier molecular flexibility index (Phi) is 6.95. The number of halogens is 1. The zero-order valence-electron chi connectivity index (χ0n) is 16.7. The molecule has 2 unspecified atom stereocenters. The molecular formula is C22H27FN4O2. The normalized spacial score (nSPS) is 18.4. The summed E-state index contributed by atoms with van der Waals surface area (Å²) in [5.74, 6) is -0.267. The minimum Gasteiger partial charge on any atom is -0.328 e. The van der Waals surface area contributed by atoms with Gasteiger partial charge in [0, 0.05) is 36.9 Å². The third-order valence-electron chi connectivity index (χ3n) is 5.17. The van der Waals surface area contributed by atoms with Crippen molar-refractivity contribution in [3.05, 3.63) is 65.5 Å². The van der Waals surface area contributed by atoms with Gasteiger partial charge >= 0.3 is 6.03 Å². The number of urea groups is 1. The first-order valence-corrected chi connectivity index (χ1v) is 9.82. The Morgan fingerprint density at radius 1 is 1.17 bits per heavy atom. The lowest BCUT2D eigenvalue weighted by Gasteiger charge is -2.19. The number of amides is 2. The number of Topliss-reactive ketones (excluding diaryl/α,β-unsaturated/α-hetero) is 1. The zero-order chi connectivity index (χ0) is 20.8. The van der Waals surface area contributed by atoms with E-state index < -0.39 is 0 Å². The monoisotopic (exact) mass is 398 g/mol. The minimum absolute atomic E-state index is 0.0360. The molecule has 2 atom stereocenters. The van der Waals surface area contributed by atoms with Crippen molar-refractivity contribution in [2.24, 2.45) is 0 Å². The molecule has 2 aromatic rings. The Labute approximate surface area is 170 Å². The number of ketones is 1. The number of rotatable bonds is 7. The van der Waals surface area contributed by atoms with Gasteiger partial charge in [0.1, 0.15) is 5.82 Å². The number of hydrogen-bond donors (Lipinski definition) is 3. The van der Waals surface area contributed by atoms with Crippen molar-refractivity contribution in [1.82, 2.24) is 15.8 Å². The number of nitrogens with one attached hydrogen (secondary N) is 3. The molecule has 3 N–H and O–H groups in total. The van der Waals surface area contributed by atoms with Gasteiger partial charge in [0.15, 0.2) is 5.78 Å². The molecule has 0 radical (unpaired) electrons. The van der Waals surface area contributed by atoms with Crippen LogP contribution in [0.4, 0.5) is 14.9 Å². The van der Waals surface area contributed by atoms with Gasteiger partial charge in [-0.05, 0) is 56.0 Å². The molecule has 1 aliphatic heterocycles. The molecule has 1 heterocycles. The van der Waals surface area contributed by atoms with Crippen molar-refractivity contribution in [3.8, 4) is 0 Å². The highest BCUT2D eigenvalue weighted by Crippen LogP contribution is 2.24. The summed E-state index contributed by atoms with van der Waals surface area (Å²) in [6, 6.07) is 13.7. The lowest BCUT2D eigenvalue weighted by atomic mass is 10.00. The third kappa shape index (κ3) is 5.85. The molecule has 2 aromatic carbocycles. The van der Waals surface area contributed by atoms with E-state index in [0.717, 1.165) is 24.8 Å². The predicted octanol–water partition coefficient (Wildman–Crippen LogP) is 3.88. The van der Waals surface area contributed by atoms with Gasteiger partial charge < -0.3 is 10.2 Å². The summed E-state index contributed by atoms with van der Waals surface area (Å²) in [7, 11) is 1.76. The van der Waals surface area contributed by atoms with Crippen molar-refractivity contribution in [2.45, 2.75) is 38.3 Å². The van der Waals surface area contributed by atoms with Crippen LogP contribution in [0, 0.1) is 5.82 Å². The molecular weight excluding hydrogens is 371 g/mol. The van der Waals surface area contributed by atoms with Crippen molar-refractivity contribution < 1.29 is 14.0 Å². The number of nitrogens with zero attached hydrogens (tertiary/aromatic N) is 1. The SMILES string of the molecule is CC(=O)c1cccc(NC(=O)N(C)CCCC2CC(c3ccc(F)cc3)NN2)c1. The van der Waals surface area contributed by atoms with E-state index in [9.17, 15) is 14.0 Å². The third-order valence-corrected chi connectivity index (χ3v) is 5.17. The number of benzene rings is 2. The van der Waals surface area contributed by atoms with Gasteiger partial charge in [-0.15, -0.1) is 0 Å². The number of hydrogen-bond acceptors (Lipinski definition) is 4. The van der Waals surface area contributed by atoms with E-state index in [-0.39, 0.29) is 23.7 Å². The molecule has 0 bridgehead atoms. The lowest BCUT2D eigenvalue weighted by Crippen LogP contribution is -2.34. The second kappa shape index (κ2) is 9.62. The molecule has 29 heavy (non-hydrogen) atoms. The molecule has 1 aliphatic rings. The number of carbonyl (C=O) groups is 2. The Hall–Kier alpha value is -2.77. The van der Waals surface area contributed by atoms with Gasteiger partial charge in [-0.3, -0.25) is 15.6 Å². The van der Waals surface area contributed by atoms with Crippen molar-refractivity contribution in [3.63, 3.8) is 0 Å². The van der Waals surface area contributed by atoms with E-state index >= 15 is 0 Å². The fraction of sp³-hybridized carbons (Fsp3) is 0.364. The highest BCUT2D eigenvalue weighted by Gasteiger charge is 2.24. The molecule has 6 nitrogen and oxygen atoms in total. The largest absolute Gasteiger partial charge is 0.328 e. The van der Waals surface area contributed by atoms with Crippen molar-refractivity contribution in [2.75, 3.05) is 18.9 Å². The Balaban J connectivity index is 1.41. The number of anilines is 1. The van der Waals surface area contributed by atoms with E-state index in [1.807, 2.05) is 0 Å². The first kappa shape index (κ1) is 21.0. The highest BCUT2D eigenvalue weighted by molar-refractivity contribution is 5.96. The molecule has 1 saturated heterocycles. The summed E-state index contributed by atoms with van der Waals surface area (Å²) < 4.78 is 13.1. The summed E-state index contributed by atoms with van der Waals surface area (Å²) >= 11 is 0. The van der Waals surface area contributed by atoms with Crippen LogP contribution in [0.5, 0.6) is 0 Å². The van der Waals surface area contributed by atoms with Crippen LogP contribution < -0.4 is 16.2 Å². The van der Waals surface area contributed by atoms with Crippen molar-refractivity contribution >= 4 is 17.5 Å². The van der Waals surface area contributed by atoms with Crippen LogP contribution >= 0.6 is 0 Å². The summed E-state index contributed by atoms with van der Waals surface area (Å²) in [6.07, 6.45) is 2.69. The molecule has 0 aliphatic carbocycles. The Bertz CT molecular complexity index is 856. The molecule has 7 heteroatoms. The average Bonchev–Trinajstić information content (AvgIpc) is 3.17. The molecule has 0 aromatic heterocycles. The van der Waals surface area contributed by atoms with E-state index in [2.05, 4.69) is 16.2 Å². The minimum atomic E-state index is -0.231. The van der Waals surface area contributed by atoms with Crippen LogP contribution in [0.3, 0.4) is 0 Å². The summed E-state index contributed by atoms with van der Waals surface area (Å²) in [5.41, 5.74) is 8.78.